The molecule has 0 aliphatic heterocycles. The molecule has 0 fully saturated rings. The minimum atomic E-state index is -0.199. The third kappa shape index (κ3) is 5.47. The van der Waals surface area contributed by atoms with Crippen LogP contribution in [0.25, 0.3) is 10.9 Å². The maximum atomic E-state index is 13.4. The Morgan fingerprint density at radius 2 is 1.85 bits per heavy atom. The number of halogens is 2. The number of aryl methyl sites for hydroxylation is 1. The molecule has 4 aromatic rings. The fourth-order valence-corrected chi connectivity index (χ4v) is 4.35. The molecular weight excluding hydrogens is 558 g/mol. The van der Waals surface area contributed by atoms with E-state index < -0.39 is 0 Å². The van der Waals surface area contributed by atoms with Crippen LogP contribution < -0.4 is 10.3 Å². The lowest BCUT2D eigenvalue weighted by molar-refractivity contribution is 0.305. The second-order valence-corrected chi connectivity index (χ2v) is 10.1. The van der Waals surface area contributed by atoms with Gasteiger partial charge in [-0.15, -0.1) is 0 Å². The van der Waals surface area contributed by atoms with E-state index in [0.29, 0.717) is 29.1 Å². The van der Waals surface area contributed by atoms with E-state index >= 15 is 0 Å². The molecule has 7 heteroatoms. The van der Waals surface area contributed by atoms with Crippen molar-refractivity contribution in [3.05, 3.63) is 102 Å². The second kappa shape index (κ2) is 10.7. The Morgan fingerprint density at radius 3 is 2.62 bits per heavy atom. The zero-order chi connectivity index (χ0) is 24.2. The highest BCUT2D eigenvalue weighted by atomic mass is 79.9. The first kappa shape index (κ1) is 24.4. The van der Waals surface area contributed by atoms with E-state index in [4.69, 9.17) is 9.72 Å². The van der Waals surface area contributed by atoms with Crippen LogP contribution in [0.2, 0.25) is 0 Å². The highest BCUT2D eigenvalue weighted by molar-refractivity contribution is 9.10. The van der Waals surface area contributed by atoms with Crippen LogP contribution >= 0.6 is 31.9 Å². The summed E-state index contributed by atoms with van der Waals surface area (Å²) in [5, 5.41) is 5.11. The van der Waals surface area contributed by atoms with Crippen molar-refractivity contribution >= 4 is 49.0 Å². The predicted molar refractivity (Wildman–Crippen MR) is 145 cm³/mol. The van der Waals surface area contributed by atoms with Gasteiger partial charge in [0.1, 0.15) is 18.2 Å². The van der Waals surface area contributed by atoms with Gasteiger partial charge in [0.25, 0.3) is 5.56 Å². The van der Waals surface area contributed by atoms with Gasteiger partial charge in [-0.2, -0.15) is 9.78 Å². The Morgan fingerprint density at radius 1 is 1.09 bits per heavy atom. The molecule has 0 unspecified atom stereocenters. The summed E-state index contributed by atoms with van der Waals surface area (Å²) in [6.07, 6.45) is 2.50. The van der Waals surface area contributed by atoms with Crippen molar-refractivity contribution in [3.8, 4) is 5.75 Å². The van der Waals surface area contributed by atoms with E-state index in [-0.39, 0.29) is 11.5 Å². The molecule has 34 heavy (non-hydrogen) atoms. The number of hydrogen-bond acceptors (Lipinski definition) is 4. The van der Waals surface area contributed by atoms with Crippen LogP contribution in [0.5, 0.6) is 5.75 Å². The van der Waals surface area contributed by atoms with E-state index in [1.54, 1.807) is 12.3 Å². The molecule has 0 spiro atoms. The van der Waals surface area contributed by atoms with Crippen LogP contribution in [0.3, 0.4) is 0 Å². The summed E-state index contributed by atoms with van der Waals surface area (Å²) in [6.45, 7) is 6.62. The molecule has 0 aliphatic rings. The van der Waals surface area contributed by atoms with Gasteiger partial charge >= 0.3 is 0 Å². The summed E-state index contributed by atoms with van der Waals surface area (Å²) in [4.78, 5) is 18.2. The maximum Gasteiger partial charge on any atom is 0.282 e. The van der Waals surface area contributed by atoms with Crippen molar-refractivity contribution in [2.75, 3.05) is 0 Å². The smallest absolute Gasteiger partial charge is 0.282 e. The molecule has 0 amide bonds. The van der Waals surface area contributed by atoms with Gasteiger partial charge in [0.15, 0.2) is 0 Å². The summed E-state index contributed by atoms with van der Waals surface area (Å²) in [5.74, 6) is 1.39. The highest BCUT2D eigenvalue weighted by Gasteiger charge is 2.16. The molecule has 0 radical (unpaired) electrons. The van der Waals surface area contributed by atoms with Crippen molar-refractivity contribution < 1.29 is 4.74 Å². The Bertz CT molecular complexity index is 1430. The lowest BCUT2D eigenvalue weighted by atomic mass is 10.1. The molecular formula is C27H25Br2N3O2. The normalized spacial score (nSPS) is 12.4. The molecule has 3 aromatic carbocycles. The van der Waals surface area contributed by atoms with Crippen LogP contribution in [-0.2, 0) is 6.61 Å². The number of fused-ring (bicyclic) bond motifs is 1. The lowest BCUT2D eigenvalue weighted by Gasteiger charge is -2.14. The van der Waals surface area contributed by atoms with E-state index in [0.717, 1.165) is 26.5 Å². The standard InChI is InChI=1S/C27H25Br2N3O2/c1-4-18(3)26-31-24-10-8-22(29)14-23(24)27(33)32(26)30-15-20-13-21(28)9-11-25(20)34-16-19-7-5-6-17(2)12-19/h5-15,18H,4,16H2,1-3H3/t18-/m0/s1. The first-order valence-electron chi connectivity index (χ1n) is 11.1. The van der Waals surface area contributed by atoms with Gasteiger partial charge in [0.2, 0.25) is 0 Å². The minimum Gasteiger partial charge on any atom is -0.488 e. The molecule has 1 atom stereocenters. The summed E-state index contributed by atoms with van der Waals surface area (Å²) < 4.78 is 9.25. The third-order valence-corrected chi connectivity index (χ3v) is 6.63. The van der Waals surface area contributed by atoms with Gasteiger partial charge < -0.3 is 4.74 Å². The summed E-state index contributed by atoms with van der Waals surface area (Å²) in [7, 11) is 0. The molecule has 5 nitrogen and oxygen atoms in total. The first-order chi connectivity index (χ1) is 16.4. The SMILES string of the molecule is CC[C@H](C)c1nc2ccc(Br)cc2c(=O)n1N=Cc1cc(Br)ccc1OCc1cccc(C)c1. The zero-order valence-electron chi connectivity index (χ0n) is 19.3. The molecule has 0 saturated carbocycles. The molecule has 0 saturated heterocycles. The van der Waals surface area contributed by atoms with Gasteiger partial charge in [-0.25, -0.2) is 4.98 Å². The minimum absolute atomic E-state index is 0.0671. The Kier molecular flexibility index (Phi) is 7.63. The van der Waals surface area contributed by atoms with Crippen molar-refractivity contribution in [2.24, 2.45) is 5.10 Å². The Labute approximate surface area is 215 Å². The van der Waals surface area contributed by atoms with Crippen molar-refractivity contribution in [1.29, 1.82) is 0 Å². The summed E-state index contributed by atoms with van der Waals surface area (Å²) in [6, 6.07) is 19.5. The van der Waals surface area contributed by atoms with Gasteiger partial charge in [-0.05, 0) is 55.3 Å². The lowest BCUT2D eigenvalue weighted by Crippen LogP contribution is -2.23. The summed E-state index contributed by atoms with van der Waals surface area (Å²) >= 11 is 6.98. The largest absolute Gasteiger partial charge is 0.488 e. The topological polar surface area (TPSA) is 56.5 Å². The van der Waals surface area contributed by atoms with Gasteiger partial charge in [-0.1, -0.05) is 75.5 Å². The summed E-state index contributed by atoms with van der Waals surface area (Å²) in [5.41, 5.74) is 3.50. The second-order valence-electron chi connectivity index (χ2n) is 8.26. The molecule has 0 bridgehead atoms. The van der Waals surface area contributed by atoms with Gasteiger partial charge in [0.05, 0.1) is 17.1 Å². The fraction of sp³-hybridized carbons (Fsp3) is 0.222. The molecule has 1 aromatic heterocycles. The van der Waals surface area contributed by atoms with Crippen LogP contribution in [-0.4, -0.2) is 15.9 Å². The molecule has 0 N–H and O–H groups in total. The van der Waals surface area contributed by atoms with Crippen molar-refractivity contribution in [3.63, 3.8) is 0 Å². The molecule has 4 rings (SSSR count). The molecule has 0 aliphatic carbocycles. The highest BCUT2D eigenvalue weighted by Crippen LogP contribution is 2.24. The zero-order valence-corrected chi connectivity index (χ0v) is 22.4. The van der Waals surface area contributed by atoms with Gasteiger partial charge in [0, 0.05) is 20.4 Å². The Balaban J connectivity index is 1.74. The first-order valence-corrected chi connectivity index (χ1v) is 12.7. The monoisotopic (exact) mass is 581 g/mol. The quantitative estimate of drug-likeness (QED) is 0.216. The predicted octanol–water partition coefficient (Wildman–Crippen LogP) is 7.20. The van der Waals surface area contributed by atoms with Crippen LogP contribution in [0.4, 0.5) is 0 Å². The number of rotatable bonds is 7. The van der Waals surface area contributed by atoms with Crippen molar-refractivity contribution in [1.82, 2.24) is 9.66 Å². The van der Waals surface area contributed by atoms with Gasteiger partial charge in [-0.3, -0.25) is 4.79 Å². The number of nitrogens with zero attached hydrogens (tertiary/aromatic N) is 3. The number of benzene rings is 3. The van der Waals surface area contributed by atoms with E-state index in [1.807, 2.05) is 49.4 Å². The van der Waals surface area contributed by atoms with Crippen LogP contribution in [0, 0.1) is 6.92 Å². The number of ether oxygens (including phenoxy) is 1. The molecule has 1 heterocycles. The van der Waals surface area contributed by atoms with E-state index in [9.17, 15) is 4.79 Å². The number of hydrogen-bond donors (Lipinski definition) is 0. The van der Waals surface area contributed by atoms with Crippen LogP contribution in [0.1, 0.15) is 48.7 Å². The number of aromatic nitrogens is 2. The van der Waals surface area contributed by atoms with Crippen molar-refractivity contribution in [2.45, 2.75) is 39.7 Å². The Hall–Kier alpha value is -2.77. The van der Waals surface area contributed by atoms with E-state index in [2.05, 4.69) is 62.9 Å². The van der Waals surface area contributed by atoms with Crippen LogP contribution in [0.15, 0.2) is 79.5 Å². The third-order valence-electron chi connectivity index (χ3n) is 5.65. The molecule has 174 valence electrons. The van der Waals surface area contributed by atoms with E-state index in [1.165, 1.54) is 10.2 Å². The fourth-order valence-electron chi connectivity index (χ4n) is 3.61. The average molecular weight is 583 g/mol. The average Bonchev–Trinajstić information content (AvgIpc) is 2.82. The maximum absolute atomic E-state index is 13.4.